The Labute approximate surface area is 119 Å². The molecule has 0 bridgehead atoms. The van der Waals surface area contributed by atoms with Gasteiger partial charge in [-0.05, 0) is 18.1 Å². The molecule has 0 saturated carbocycles. The SMILES string of the molecule is COCCN(CC(C)C)C(=O)c1cc2ccccc2o1. The molecule has 0 aliphatic heterocycles. The van der Waals surface area contributed by atoms with Crippen molar-refractivity contribution < 1.29 is 13.9 Å². The predicted octanol–water partition coefficient (Wildman–Crippen LogP) is 3.18. The molecule has 108 valence electrons. The van der Waals surface area contributed by atoms with Crippen LogP contribution in [0.5, 0.6) is 0 Å². The molecule has 4 nitrogen and oxygen atoms in total. The number of furan rings is 1. The largest absolute Gasteiger partial charge is 0.451 e. The van der Waals surface area contributed by atoms with Crippen LogP contribution in [0.3, 0.4) is 0 Å². The lowest BCUT2D eigenvalue weighted by molar-refractivity contribution is 0.0644. The zero-order chi connectivity index (χ0) is 14.5. The molecule has 0 spiro atoms. The van der Waals surface area contributed by atoms with Gasteiger partial charge in [0, 0.05) is 25.6 Å². The van der Waals surface area contributed by atoms with Gasteiger partial charge in [-0.2, -0.15) is 0 Å². The predicted molar refractivity (Wildman–Crippen MR) is 78.8 cm³/mol. The molecule has 0 aliphatic carbocycles. The number of hydrogen-bond acceptors (Lipinski definition) is 3. The van der Waals surface area contributed by atoms with E-state index >= 15 is 0 Å². The number of carbonyl (C=O) groups is 1. The summed E-state index contributed by atoms with van der Waals surface area (Å²) in [6, 6.07) is 9.45. The van der Waals surface area contributed by atoms with Gasteiger partial charge in [-0.3, -0.25) is 4.79 Å². The quantitative estimate of drug-likeness (QED) is 0.813. The lowest BCUT2D eigenvalue weighted by Gasteiger charge is -2.23. The molecule has 1 aromatic heterocycles. The lowest BCUT2D eigenvalue weighted by Crippen LogP contribution is -2.36. The van der Waals surface area contributed by atoms with Crippen molar-refractivity contribution in [1.29, 1.82) is 0 Å². The first-order valence-electron chi connectivity index (χ1n) is 6.88. The Balaban J connectivity index is 2.20. The molecule has 1 aromatic carbocycles. The molecular weight excluding hydrogens is 254 g/mol. The Morgan fingerprint density at radius 2 is 2.10 bits per heavy atom. The van der Waals surface area contributed by atoms with Gasteiger partial charge in [0.1, 0.15) is 5.58 Å². The van der Waals surface area contributed by atoms with E-state index in [0.29, 0.717) is 31.4 Å². The van der Waals surface area contributed by atoms with E-state index in [9.17, 15) is 4.79 Å². The van der Waals surface area contributed by atoms with Gasteiger partial charge in [-0.25, -0.2) is 0 Å². The van der Waals surface area contributed by atoms with Gasteiger partial charge in [0.15, 0.2) is 5.76 Å². The Bertz CT molecular complexity index is 541. The molecule has 4 heteroatoms. The van der Waals surface area contributed by atoms with Gasteiger partial charge in [0.25, 0.3) is 5.91 Å². The fourth-order valence-electron chi connectivity index (χ4n) is 2.16. The summed E-state index contributed by atoms with van der Waals surface area (Å²) < 4.78 is 10.7. The Morgan fingerprint density at radius 1 is 1.35 bits per heavy atom. The second kappa shape index (κ2) is 6.57. The Morgan fingerprint density at radius 3 is 2.75 bits per heavy atom. The molecule has 1 amide bonds. The number of methoxy groups -OCH3 is 1. The molecule has 0 unspecified atom stereocenters. The summed E-state index contributed by atoms with van der Waals surface area (Å²) >= 11 is 0. The number of fused-ring (bicyclic) bond motifs is 1. The smallest absolute Gasteiger partial charge is 0.289 e. The highest BCUT2D eigenvalue weighted by molar-refractivity contribution is 5.96. The van der Waals surface area contributed by atoms with Crippen LogP contribution in [0, 0.1) is 5.92 Å². The normalized spacial score (nSPS) is 11.2. The molecule has 2 rings (SSSR count). The standard InChI is InChI=1S/C16H21NO3/c1-12(2)11-17(8-9-19-3)16(18)15-10-13-6-4-5-7-14(13)20-15/h4-7,10,12H,8-9,11H2,1-3H3. The lowest BCUT2D eigenvalue weighted by atomic mass is 10.2. The molecular formula is C16H21NO3. The number of amides is 1. The van der Waals surface area contributed by atoms with Crippen LogP contribution in [-0.2, 0) is 4.74 Å². The van der Waals surface area contributed by atoms with Crippen LogP contribution in [-0.4, -0.2) is 37.6 Å². The third-order valence-corrected chi connectivity index (χ3v) is 3.07. The summed E-state index contributed by atoms with van der Waals surface area (Å²) in [5.41, 5.74) is 0.743. The molecule has 0 radical (unpaired) electrons. The van der Waals surface area contributed by atoms with Crippen molar-refractivity contribution in [1.82, 2.24) is 4.90 Å². The molecule has 0 fully saturated rings. The number of para-hydroxylation sites is 1. The highest BCUT2D eigenvalue weighted by Gasteiger charge is 2.20. The minimum atomic E-state index is -0.0769. The monoisotopic (exact) mass is 275 g/mol. The molecule has 2 aromatic rings. The summed E-state index contributed by atoms with van der Waals surface area (Å²) in [5, 5.41) is 0.951. The van der Waals surface area contributed by atoms with Crippen LogP contribution in [0.15, 0.2) is 34.7 Å². The van der Waals surface area contributed by atoms with Crippen molar-refractivity contribution in [2.75, 3.05) is 26.8 Å². The van der Waals surface area contributed by atoms with Gasteiger partial charge in [-0.15, -0.1) is 0 Å². The number of hydrogen-bond donors (Lipinski definition) is 0. The van der Waals surface area contributed by atoms with Crippen LogP contribution in [0.1, 0.15) is 24.4 Å². The third kappa shape index (κ3) is 3.39. The van der Waals surface area contributed by atoms with E-state index in [1.54, 1.807) is 18.1 Å². The Hall–Kier alpha value is -1.81. The van der Waals surface area contributed by atoms with Crippen molar-refractivity contribution in [2.24, 2.45) is 5.92 Å². The third-order valence-electron chi connectivity index (χ3n) is 3.07. The number of rotatable bonds is 6. The van der Waals surface area contributed by atoms with Crippen LogP contribution in [0.25, 0.3) is 11.0 Å². The average molecular weight is 275 g/mol. The van der Waals surface area contributed by atoms with Crippen molar-refractivity contribution in [3.8, 4) is 0 Å². The first-order chi connectivity index (χ1) is 9.61. The van der Waals surface area contributed by atoms with Crippen LogP contribution in [0.4, 0.5) is 0 Å². The fourth-order valence-corrected chi connectivity index (χ4v) is 2.16. The van der Waals surface area contributed by atoms with Gasteiger partial charge >= 0.3 is 0 Å². The van der Waals surface area contributed by atoms with E-state index in [-0.39, 0.29) is 5.91 Å². The molecule has 1 heterocycles. The summed E-state index contributed by atoms with van der Waals surface area (Å²) in [7, 11) is 1.64. The van der Waals surface area contributed by atoms with E-state index in [1.165, 1.54) is 0 Å². The number of benzene rings is 1. The van der Waals surface area contributed by atoms with Crippen LogP contribution < -0.4 is 0 Å². The van der Waals surface area contributed by atoms with Crippen LogP contribution >= 0.6 is 0 Å². The van der Waals surface area contributed by atoms with Crippen LogP contribution in [0.2, 0.25) is 0 Å². The molecule has 0 aliphatic rings. The molecule has 0 atom stereocenters. The number of carbonyl (C=O) groups excluding carboxylic acids is 1. The van der Waals surface area contributed by atoms with Gasteiger partial charge in [-0.1, -0.05) is 32.0 Å². The second-order valence-corrected chi connectivity index (χ2v) is 5.29. The molecule has 20 heavy (non-hydrogen) atoms. The fraction of sp³-hybridized carbons (Fsp3) is 0.438. The van der Waals surface area contributed by atoms with E-state index in [4.69, 9.17) is 9.15 Å². The Kier molecular flexibility index (Phi) is 4.79. The van der Waals surface area contributed by atoms with Crippen molar-refractivity contribution in [3.63, 3.8) is 0 Å². The highest BCUT2D eigenvalue weighted by Crippen LogP contribution is 2.20. The molecule has 0 saturated heterocycles. The zero-order valence-corrected chi connectivity index (χ0v) is 12.3. The highest BCUT2D eigenvalue weighted by atomic mass is 16.5. The van der Waals surface area contributed by atoms with Crippen molar-refractivity contribution in [3.05, 3.63) is 36.1 Å². The second-order valence-electron chi connectivity index (χ2n) is 5.29. The van der Waals surface area contributed by atoms with E-state index < -0.39 is 0 Å². The van der Waals surface area contributed by atoms with E-state index in [0.717, 1.165) is 11.0 Å². The maximum atomic E-state index is 12.5. The molecule has 0 N–H and O–H groups in total. The minimum absolute atomic E-state index is 0.0769. The maximum absolute atomic E-state index is 12.5. The van der Waals surface area contributed by atoms with Gasteiger partial charge in [0.05, 0.1) is 6.61 Å². The summed E-state index contributed by atoms with van der Waals surface area (Å²) in [4.78, 5) is 14.3. The summed E-state index contributed by atoms with van der Waals surface area (Å²) in [6.45, 7) is 5.97. The van der Waals surface area contributed by atoms with Gasteiger partial charge < -0.3 is 14.1 Å². The van der Waals surface area contributed by atoms with Crippen molar-refractivity contribution in [2.45, 2.75) is 13.8 Å². The minimum Gasteiger partial charge on any atom is -0.451 e. The van der Waals surface area contributed by atoms with E-state index in [1.807, 2.05) is 24.3 Å². The first-order valence-corrected chi connectivity index (χ1v) is 6.88. The zero-order valence-electron chi connectivity index (χ0n) is 12.3. The number of nitrogens with zero attached hydrogens (tertiary/aromatic N) is 1. The van der Waals surface area contributed by atoms with Gasteiger partial charge in [0.2, 0.25) is 0 Å². The summed E-state index contributed by atoms with van der Waals surface area (Å²) in [5.74, 6) is 0.718. The summed E-state index contributed by atoms with van der Waals surface area (Å²) in [6.07, 6.45) is 0. The van der Waals surface area contributed by atoms with E-state index in [2.05, 4.69) is 13.8 Å². The van der Waals surface area contributed by atoms with Crippen molar-refractivity contribution >= 4 is 16.9 Å². The maximum Gasteiger partial charge on any atom is 0.289 e. The number of ether oxygens (including phenoxy) is 1. The average Bonchev–Trinajstić information content (AvgIpc) is 2.86. The topological polar surface area (TPSA) is 42.7 Å². The first kappa shape index (κ1) is 14.6.